The van der Waals surface area contributed by atoms with Crippen LogP contribution in [0, 0.1) is 10.1 Å². The third kappa shape index (κ3) is 7.34. The predicted molar refractivity (Wildman–Crippen MR) is 144 cm³/mol. The van der Waals surface area contributed by atoms with Gasteiger partial charge in [-0.1, -0.05) is 24.3 Å². The van der Waals surface area contributed by atoms with Crippen molar-refractivity contribution in [2.45, 2.75) is 45.8 Å². The molecule has 1 atom stereocenters. The van der Waals surface area contributed by atoms with Gasteiger partial charge in [-0.05, 0) is 50.5 Å². The summed E-state index contributed by atoms with van der Waals surface area (Å²) in [5.74, 6) is 0.00447. The van der Waals surface area contributed by atoms with Gasteiger partial charge in [-0.2, -0.15) is 0 Å². The van der Waals surface area contributed by atoms with Crippen LogP contribution in [-0.2, 0) is 20.7 Å². The van der Waals surface area contributed by atoms with Gasteiger partial charge in [-0.3, -0.25) is 14.9 Å². The number of hydrogen-bond acceptors (Lipinski definition) is 7. The highest BCUT2D eigenvalue weighted by molar-refractivity contribution is 5.95. The summed E-state index contributed by atoms with van der Waals surface area (Å²) in [5, 5.41) is 14.2. The first-order valence-corrected chi connectivity index (χ1v) is 12.6. The number of esters is 1. The Morgan fingerprint density at radius 1 is 1.18 bits per heavy atom. The maximum absolute atomic E-state index is 13.1. The van der Waals surface area contributed by atoms with E-state index in [4.69, 9.17) is 9.47 Å². The topological polar surface area (TPSA) is 131 Å². The Morgan fingerprint density at radius 3 is 2.49 bits per heavy atom. The van der Waals surface area contributed by atoms with Crippen molar-refractivity contribution < 1.29 is 28.8 Å². The number of likely N-dealkylation sites (N-methyl/N-ethyl adjacent to an activating group) is 1. The van der Waals surface area contributed by atoms with Gasteiger partial charge in [-0.25, -0.2) is 9.59 Å². The maximum Gasteiger partial charge on any atom is 0.338 e. The number of urea groups is 1. The van der Waals surface area contributed by atoms with E-state index >= 15 is 0 Å². The minimum absolute atomic E-state index is 0.0876. The number of carbonyl (C=O) groups is 3. The molecule has 11 heteroatoms. The zero-order chi connectivity index (χ0) is 28.7. The second-order valence-corrected chi connectivity index (χ2v) is 9.56. The molecule has 0 bridgehead atoms. The second-order valence-electron chi connectivity index (χ2n) is 9.56. The first kappa shape index (κ1) is 29.2. The largest absolute Gasteiger partial charge is 0.497 e. The Hall–Kier alpha value is -4.41. The molecule has 3 amide bonds. The van der Waals surface area contributed by atoms with E-state index in [1.165, 1.54) is 23.1 Å². The Morgan fingerprint density at radius 2 is 1.87 bits per heavy atom. The summed E-state index contributed by atoms with van der Waals surface area (Å²) < 4.78 is 10.6. The molecule has 0 spiro atoms. The summed E-state index contributed by atoms with van der Waals surface area (Å²) in [4.78, 5) is 52.9. The number of non-ortho nitro benzene ring substituents is 1. The first-order chi connectivity index (χ1) is 18.5. The van der Waals surface area contributed by atoms with Gasteiger partial charge in [0.25, 0.3) is 5.69 Å². The van der Waals surface area contributed by atoms with Crippen LogP contribution in [-0.4, -0.2) is 66.0 Å². The number of methoxy groups -OCH3 is 1. The third-order valence-corrected chi connectivity index (χ3v) is 6.34. The Balaban J connectivity index is 1.79. The van der Waals surface area contributed by atoms with Crippen LogP contribution < -0.4 is 10.1 Å². The highest BCUT2D eigenvalue weighted by Crippen LogP contribution is 2.36. The molecule has 1 heterocycles. The minimum atomic E-state index is -0.898. The highest BCUT2D eigenvalue weighted by atomic mass is 16.6. The van der Waals surface area contributed by atoms with Crippen LogP contribution in [0.5, 0.6) is 5.75 Å². The van der Waals surface area contributed by atoms with Crippen molar-refractivity contribution in [2.75, 3.05) is 27.2 Å². The molecule has 0 fully saturated rings. The van der Waals surface area contributed by atoms with Gasteiger partial charge in [-0.15, -0.1) is 0 Å². The zero-order valence-corrected chi connectivity index (χ0v) is 22.8. The summed E-state index contributed by atoms with van der Waals surface area (Å²) in [5.41, 5.74) is 1.63. The molecule has 0 aromatic heterocycles. The molecule has 2 aromatic rings. The van der Waals surface area contributed by atoms with E-state index in [2.05, 4.69) is 5.32 Å². The van der Waals surface area contributed by atoms with E-state index in [0.29, 0.717) is 30.0 Å². The molecule has 1 aliphatic rings. The van der Waals surface area contributed by atoms with Gasteiger partial charge in [0.15, 0.2) is 0 Å². The highest BCUT2D eigenvalue weighted by Gasteiger charge is 2.39. The summed E-state index contributed by atoms with van der Waals surface area (Å²) >= 11 is 0. The van der Waals surface area contributed by atoms with Gasteiger partial charge >= 0.3 is 12.0 Å². The van der Waals surface area contributed by atoms with Crippen LogP contribution in [0.25, 0.3) is 0 Å². The number of nitrogens with one attached hydrogen (secondary N) is 1. The monoisotopic (exact) mass is 538 g/mol. The van der Waals surface area contributed by atoms with Crippen molar-refractivity contribution in [3.05, 3.63) is 81.0 Å². The molecule has 0 aliphatic carbocycles. The smallest absolute Gasteiger partial charge is 0.338 e. The minimum Gasteiger partial charge on any atom is -0.497 e. The van der Waals surface area contributed by atoms with Gasteiger partial charge in [0.2, 0.25) is 5.91 Å². The van der Waals surface area contributed by atoms with Gasteiger partial charge in [0, 0.05) is 38.0 Å². The van der Waals surface area contributed by atoms with E-state index in [0.717, 1.165) is 5.56 Å². The fourth-order valence-corrected chi connectivity index (χ4v) is 4.36. The van der Waals surface area contributed by atoms with Crippen molar-refractivity contribution in [2.24, 2.45) is 0 Å². The van der Waals surface area contributed by atoms with Gasteiger partial charge < -0.3 is 24.6 Å². The molecule has 2 aromatic carbocycles. The number of hydrogen-bond donors (Lipinski definition) is 1. The van der Waals surface area contributed by atoms with Gasteiger partial charge in [0.1, 0.15) is 5.75 Å². The lowest BCUT2D eigenvalue weighted by molar-refractivity contribution is -0.384. The van der Waals surface area contributed by atoms with E-state index in [-0.39, 0.29) is 30.1 Å². The molecule has 0 saturated heterocycles. The Bertz CT molecular complexity index is 1260. The summed E-state index contributed by atoms with van der Waals surface area (Å²) in [7, 11) is 3.27. The van der Waals surface area contributed by atoms with Crippen molar-refractivity contribution in [3.63, 3.8) is 0 Å². The Labute approximate surface area is 227 Å². The van der Waals surface area contributed by atoms with Crippen LogP contribution in [0.2, 0.25) is 0 Å². The third-order valence-electron chi connectivity index (χ3n) is 6.34. The molecule has 11 nitrogen and oxygen atoms in total. The molecular weight excluding hydrogens is 504 g/mol. The lowest BCUT2D eigenvalue weighted by Crippen LogP contribution is -2.49. The molecule has 3 rings (SSSR count). The number of amides is 3. The summed E-state index contributed by atoms with van der Waals surface area (Å²) in [6.07, 6.45) is 0.226. The fraction of sp³-hybridized carbons (Fsp3) is 0.393. The van der Waals surface area contributed by atoms with Crippen LogP contribution in [0.1, 0.15) is 44.4 Å². The lowest BCUT2D eigenvalue weighted by atomic mass is 9.93. The second kappa shape index (κ2) is 12.9. The molecule has 1 N–H and O–H groups in total. The van der Waals surface area contributed by atoms with Crippen molar-refractivity contribution >= 4 is 23.6 Å². The molecule has 0 saturated carbocycles. The molecule has 1 unspecified atom stereocenters. The van der Waals surface area contributed by atoms with Crippen molar-refractivity contribution in [3.8, 4) is 5.75 Å². The molecule has 1 aliphatic heterocycles. The number of nitro groups is 1. The SMILES string of the molecule is COc1ccc(CC(=O)N(C)CCCN2C(=O)NC(C)=C(C(=O)OC(C)C)C2c2cccc([N+](=O)[O-])c2)cc1. The molecule has 208 valence electrons. The predicted octanol–water partition coefficient (Wildman–Crippen LogP) is 3.99. The molecule has 39 heavy (non-hydrogen) atoms. The quantitative estimate of drug-likeness (QED) is 0.260. The Kier molecular flexibility index (Phi) is 9.64. The molecular formula is C28H34N4O7. The number of benzene rings is 2. The van der Waals surface area contributed by atoms with Crippen molar-refractivity contribution in [1.29, 1.82) is 0 Å². The summed E-state index contributed by atoms with van der Waals surface area (Å²) in [6.45, 7) is 5.57. The van der Waals surface area contributed by atoms with E-state index in [1.54, 1.807) is 58.0 Å². The van der Waals surface area contributed by atoms with Crippen LogP contribution in [0.4, 0.5) is 10.5 Å². The van der Waals surface area contributed by atoms with E-state index < -0.39 is 29.1 Å². The fourth-order valence-electron chi connectivity index (χ4n) is 4.36. The average Bonchev–Trinajstić information content (AvgIpc) is 2.89. The first-order valence-electron chi connectivity index (χ1n) is 12.6. The van der Waals surface area contributed by atoms with Crippen LogP contribution in [0.3, 0.4) is 0 Å². The van der Waals surface area contributed by atoms with E-state index in [1.807, 2.05) is 12.1 Å². The van der Waals surface area contributed by atoms with Gasteiger partial charge in [0.05, 0.1) is 36.2 Å². The zero-order valence-electron chi connectivity index (χ0n) is 22.8. The van der Waals surface area contributed by atoms with Crippen LogP contribution >= 0.6 is 0 Å². The van der Waals surface area contributed by atoms with Crippen molar-refractivity contribution in [1.82, 2.24) is 15.1 Å². The maximum atomic E-state index is 13.1. The number of ether oxygens (including phenoxy) is 2. The average molecular weight is 539 g/mol. The van der Waals surface area contributed by atoms with Crippen LogP contribution in [0.15, 0.2) is 59.8 Å². The number of nitrogens with zero attached hydrogens (tertiary/aromatic N) is 3. The number of rotatable bonds is 11. The lowest BCUT2D eigenvalue weighted by Gasteiger charge is -2.38. The number of carbonyl (C=O) groups excluding carboxylic acids is 3. The normalized spacial score (nSPS) is 15.2. The van der Waals surface area contributed by atoms with E-state index in [9.17, 15) is 24.5 Å². The molecule has 0 radical (unpaired) electrons. The number of allylic oxidation sites excluding steroid dienone is 1. The summed E-state index contributed by atoms with van der Waals surface area (Å²) in [6, 6.07) is 11.8. The standard InChI is InChI=1S/C28H34N4O7/c1-18(2)39-27(34)25-19(3)29-28(35)31(26(25)21-8-6-9-22(17-21)32(36)37)15-7-14-30(4)24(33)16-20-10-12-23(38-5)13-11-20/h6,8-13,17-18,26H,7,14-16H2,1-5H3,(H,29,35). The number of nitro benzene ring substituents is 1.